The van der Waals surface area contributed by atoms with Crippen molar-refractivity contribution < 1.29 is 24.2 Å². The van der Waals surface area contributed by atoms with E-state index in [1.807, 2.05) is 25.1 Å². The monoisotopic (exact) mass is 307 g/mol. The van der Waals surface area contributed by atoms with Crippen LogP contribution in [0, 0.1) is 6.92 Å². The molecule has 0 bridgehead atoms. The molecule has 2 rings (SSSR count). The molecule has 22 heavy (non-hydrogen) atoms. The van der Waals surface area contributed by atoms with Gasteiger partial charge in [0.15, 0.2) is 0 Å². The van der Waals surface area contributed by atoms with E-state index in [9.17, 15) is 14.7 Å². The number of carboxylic acids is 1. The molecule has 6 heteroatoms. The van der Waals surface area contributed by atoms with Crippen LogP contribution in [0.1, 0.15) is 17.5 Å². The summed E-state index contributed by atoms with van der Waals surface area (Å²) in [4.78, 5) is 25.2. The van der Waals surface area contributed by atoms with Gasteiger partial charge >= 0.3 is 5.97 Å². The van der Waals surface area contributed by atoms with Gasteiger partial charge in [0.2, 0.25) is 5.91 Å². The molecule has 2 unspecified atom stereocenters. The highest BCUT2D eigenvalue weighted by atomic mass is 16.5. The lowest BCUT2D eigenvalue weighted by atomic mass is 10.1. The minimum atomic E-state index is -0.996. The van der Waals surface area contributed by atoms with Crippen LogP contribution in [0.5, 0.6) is 5.75 Å². The summed E-state index contributed by atoms with van der Waals surface area (Å²) < 4.78 is 10.5. The number of hydrogen-bond acceptors (Lipinski definition) is 4. The molecular formula is C16H21NO5. The number of carboxylic acid groups (broad SMARTS) is 1. The third-order valence-electron chi connectivity index (χ3n) is 3.98. The van der Waals surface area contributed by atoms with Crippen LogP contribution in [0.15, 0.2) is 18.2 Å². The lowest BCUT2D eigenvalue weighted by Gasteiger charge is -2.22. The average molecular weight is 307 g/mol. The van der Waals surface area contributed by atoms with Crippen molar-refractivity contribution in [2.24, 2.45) is 0 Å². The summed E-state index contributed by atoms with van der Waals surface area (Å²) in [5.41, 5.74) is 1.78. The molecule has 1 aromatic rings. The van der Waals surface area contributed by atoms with Crippen LogP contribution in [-0.4, -0.2) is 54.8 Å². The fraction of sp³-hybridized carbons (Fsp3) is 0.500. The van der Waals surface area contributed by atoms with Gasteiger partial charge in [0, 0.05) is 25.6 Å². The van der Waals surface area contributed by atoms with Crippen LogP contribution < -0.4 is 4.74 Å². The average Bonchev–Trinajstić information content (AvgIpc) is 2.92. The molecule has 120 valence electrons. The fourth-order valence-corrected chi connectivity index (χ4v) is 2.79. The molecule has 1 heterocycles. The molecule has 0 saturated carbocycles. The van der Waals surface area contributed by atoms with E-state index >= 15 is 0 Å². The molecular weight excluding hydrogens is 286 g/mol. The van der Waals surface area contributed by atoms with Crippen LogP contribution in [0.2, 0.25) is 0 Å². The lowest BCUT2D eigenvalue weighted by Crippen LogP contribution is -2.41. The summed E-state index contributed by atoms with van der Waals surface area (Å²) in [6.07, 6.45) is 0.206. The van der Waals surface area contributed by atoms with E-state index in [0.29, 0.717) is 18.7 Å². The Bertz CT molecular complexity index is 572. The maximum absolute atomic E-state index is 12.5. The minimum Gasteiger partial charge on any atom is -0.496 e. The van der Waals surface area contributed by atoms with Gasteiger partial charge in [0.05, 0.1) is 19.6 Å². The van der Waals surface area contributed by atoms with Crippen LogP contribution in [0.4, 0.5) is 0 Å². The number of rotatable bonds is 5. The zero-order chi connectivity index (χ0) is 16.3. The van der Waals surface area contributed by atoms with Gasteiger partial charge in [0.25, 0.3) is 0 Å². The second kappa shape index (κ2) is 6.79. The molecule has 6 nitrogen and oxygen atoms in total. The molecule has 1 N–H and O–H groups in total. The molecule has 0 aliphatic carbocycles. The largest absolute Gasteiger partial charge is 0.496 e. The highest BCUT2D eigenvalue weighted by Gasteiger charge is 2.39. The van der Waals surface area contributed by atoms with E-state index < -0.39 is 12.0 Å². The molecule has 2 atom stereocenters. The number of hydrogen-bond donors (Lipinski definition) is 1. The van der Waals surface area contributed by atoms with Gasteiger partial charge in [-0.05, 0) is 13.0 Å². The van der Waals surface area contributed by atoms with E-state index in [2.05, 4.69) is 0 Å². The van der Waals surface area contributed by atoms with Gasteiger partial charge in [-0.1, -0.05) is 17.7 Å². The Hall–Kier alpha value is -2.08. The number of carbonyl (C=O) groups excluding carboxylic acids is 1. The van der Waals surface area contributed by atoms with E-state index in [0.717, 1.165) is 11.1 Å². The maximum Gasteiger partial charge on any atom is 0.326 e. The third-order valence-corrected chi connectivity index (χ3v) is 3.98. The quantitative estimate of drug-likeness (QED) is 0.886. The highest BCUT2D eigenvalue weighted by molar-refractivity contribution is 5.86. The maximum atomic E-state index is 12.5. The zero-order valence-electron chi connectivity index (χ0n) is 13.0. The van der Waals surface area contributed by atoms with Gasteiger partial charge in [-0.3, -0.25) is 4.79 Å². The first-order chi connectivity index (χ1) is 10.5. The van der Waals surface area contributed by atoms with Crippen molar-refractivity contribution in [2.45, 2.75) is 31.9 Å². The normalized spacial score (nSPS) is 21.0. The molecule has 1 saturated heterocycles. The van der Waals surface area contributed by atoms with Crippen molar-refractivity contribution in [2.75, 3.05) is 20.8 Å². The number of aliphatic carboxylic acids is 1. The summed E-state index contributed by atoms with van der Waals surface area (Å²) in [7, 11) is 3.08. The molecule has 1 aromatic carbocycles. The summed E-state index contributed by atoms with van der Waals surface area (Å²) >= 11 is 0. The predicted octanol–water partition coefficient (Wildman–Crippen LogP) is 1.25. The summed E-state index contributed by atoms with van der Waals surface area (Å²) in [6, 6.07) is 4.78. The number of methoxy groups -OCH3 is 2. The van der Waals surface area contributed by atoms with Crippen molar-refractivity contribution in [1.29, 1.82) is 0 Å². The number of nitrogens with zero attached hydrogens (tertiary/aromatic N) is 1. The number of aryl methyl sites for hydroxylation is 1. The van der Waals surface area contributed by atoms with Crippen LogP contribution in [0.25, 0.3) is 0 Å². The van der Waals surface area contributed by atoms with E-state index in [-0.39, 0.29) is 18.4 Å². The highest BCUT2D eigenvalue weighted by Crippen LogP contribution is 2.25. The summed E-state index contributed by atoms with van der Waals surface area (Å²) in [5, 5.41) is 9.28. The molecule has 0 aromatic heterocycles. The van der Waals surface area contributed by atoms with Crippen molar-refractivity contribution in [1.82, 2.24) is 4.90 Å². The standard InChI is InChI=1S/C16H21NO5/c1-10-4-5-14(22-3)11(6-10)7-15(18)17-9-12(21-2)8-13(17)16(19)20/h4-6,12-13H,7-9H2,1-3H3,(H,19,20). The molecule has 1 amide bonds. The minimum absolute atomic E-state index is 0.116. The Kier molecular flexibility index (Phi) is 5.03. The predicted molar refractivity (Wildman–Crippen MR) is 80.0 cm³/mol. The van der Waals surface area contributed by atoms with Crippen LogP contribution in [0.3, 0.4) is 0 Å². The second-order valence-electron chi connectivity index (χ2n) is 5.49. The topological polar surface area (TPSA) is 76.1 Å². The molecule has 1 aliphatic heterocycles. The number of likely N-dealkylation sites (tertiary alicyclic amines) is 1. The molecule has 0 spiro atoms. The number of ether oxygens (including phenoxy) is 2. The SMILES string of the molecule is COc1ccc(C)cc1CC(=O)N1CC(OC)CC1C(=O)O. The first kappa shape index (κ1) is 16.3. The summed E-state index contributed by atoms with van der Waals surface area (Å²) in [6.45, 7) is 2.24. The Morgan fingerprint density at radius 1 is 1.36 bits per heavy atom. The van der Waals surface area contributed by atoms with Gasteiger partial charge in [0.1, 0.15) is 11.8 Å². The lowest BCUT2D eigenvalue weighted by molar-refractivity contribution is -0.148. The second-order valence-corrected chi connectivity index (χ2v) is 5.49. The number of carbonyl (C=O) groups is 2. The first-order valence-electron chi connectivity index (χ1n) is 7.14. The Labute approximate surface area is 129 Å². The first-order valence-corrected chi connectivity index (χ1v) is 7.14. The molecule has 1 fully saturated rings. The van der Waals surface area contributed by atoms with Gasteiger partial charge in [-0.15, -0.1) is 0 Å². The van der Waals surface area contributed by atoms with E-state index in [4.69, 9.17) is 9.47 Å². The van der Waals surface area contributed by atoms with E-state index in [1.165, 1.54) is 12.0 Å². The summed E-state index contributed by atoms with van der Waals surface area (Å²) in [5.74, 6) is -0.590. The fourth-order valence-electron chi connectivity index (χ4n) is 2.79. The van der Waals surface area contributed by atoms with Crippen LogP contribution in [-0.2, 0) is 20.7 Å². The van der Waals surface area contributed by atoms with Crippen LogP contribution >= 0.6 is 0 Å². The van der Waals surface area contributed by atoms with Crippen molar-refractivity contribution >= 4 is 11.9 Å². The zero-order valence-corrected chi connectivity index (χ0v) is 13.0. The third kappa shape index (κ3) is 3.39. The van der Waals surface area contributed by atoms with Gasteiger partial charge in [-0.25, -0.2) is 4.79 Å². The van der Waals surface area contributed by atoms with Crippen molar-refractivity contribution in [3.05, 3.63) is 29.3 Å². The van der Waals surface area contributed by atoms with Crippen molar-refractivity contribution in [3.8, 4) is 5.75 Å². The molecule has 1 aliphatic rings. The van der Waals surface area contributed by atoms with Gasteiger partial charge in [-0.2, -0.15) is 0 Å². The molecule has 0 radical (unpaired) electrons. The smallest absolute Gasteiger partial charge is 0.326 e. The van der Waals surface area contributed by atoms with Crippen molar-refractivity contribution in [3.63, 3.8) is 0 Å². The Morgan fingerprint density at radius 2 is 2.09 bits per heavy atom. The number of amides is 1. The van der Waals surface area contributed by atoms with E-state index in [1.54, 1.807) is 7.11 Å². The Morgan fingerprint density at radius 3 is 2.68 bits per heavy atom. The van der Waals surface area contributed by atoms with Gasteiger partial charge < -0.3 is 19.5 Å². The number of benzene rings is 1. The Balaban J connectivity index is 2.17.